The minimum absolute atomic E-state index is 0.0912. The molecule has 0 unspecified atom stereocenters. The molecule has 8 nitrogen and oxygen atoms in total. The standard InChI is InChI=1S/C23H19N5O3/c1-31-19-7-3-6-18(11-19)27-21-20(22(29)28(23(27)30)17-8-9-17)26(14-25-21)13-16-5-2-4-15(10-16)12-24/h2-7,10-11,14,17H,8-9,13H2,1H3. The van der Waals surface area contributed by atoms with Crippen LogP contribution in [0.5, 0.6) is 5.75 Å². The topological polar surface area (TPSA) is 94.8 Å². The van der Waals surface area contributed by atoms with Crippen molar-refractivity contribution in [2.75, 3.05) is 7.11 Å². The van der Waals surface area contributed by atoms with Crippen molar-refractivity contribution < 1.29 is 4.74 Å². The number of methoxy groups -OCH3 is 1. The molecular weight excluding hydrogens is 394 g/mol. The average Bonchev–Trinajstić information content (AvgIpc) is 3.54. The molecule has 1 aliphatic carbocycles. The summed E-state index contributed by atoms with van der Waals surface area (Å²) in [5, 5.41) is 9.17. The van der Waals surface area contributed by atoms with Crippen molar-refractivity contribution >= 4 is 11.2 Å². The van der Waals surface area contributed by atoms with Crippen molar-refractivity contribution in [2.45, 2.75) is 25.4 Å². The van der Waals surface area contributed by atoms with Crippen molar-refractivity contribution in [1.82, 2.24) is 18.7 Å². The Balaban J connectivity index is 1.75. The summed E-state index contributed by atoms with van der Waals surface area (Å²) in [7, 11) is 1.56. The molecule has 0 spiro atoms. The molecule has 1 aliphatic rings. The lowest BCUT2D eigenvalue weighted by Crippen LogP contribution is -2.39. The average molecular weight is 413 g/mol. The Hall–Kier alpha value is -4.12. The summed E-state index contributed by atoms with van der Waals surface area (Å²) >= 11 is 0. The Bertz CT molecular complexity index is 1470. The Morgan fingerprint density at radius 2 is 1.97 bits per heavy atom. The summed E-state index contributed by atoms with van der Waals surface area (Å²) in [4.78, 5) is 31.1. The summed E-state index contributed by atoms with van der Waals surface area (Å²) in [6.45, 7) is 0.363. The highest BCUT2D eigenvalue weighted by Crippen LogP contribution is 2.32. The van der Waals surface area contributed by atoms with Gasteiger partial charge in [-0.3, -0.25) is 9.36 Å². The number of imidazole rings is 1. The fraction of sp³-hybridized carbons (Fsp3) is 0.217. The molecule has 0 radical (unpaired) electrons. The normalized spacial score (nSPS) is 13.3. The number of fused-ring (bicyclic) bond motifs is 1. The maximum absolute atomic E-state index is 13.3. The highest BCUT2D eigenvalue weighted by atomic mass is 16.5. The lowest BCUT2D eigenvalue weighted by molar-refractivity contribution is 0.414. The van der Waals surface area contributed by atoms with Crippen molar-refractivity contribution in [1.29, 1.82) is 5.26 Å². The van der Waals surface area contributed by atoms with Crippen molar-refractivity contribution in [2.24, 2.45) is 0 Å². The first kappa shape index (κ1) is 18.9. The lowest BCUT2D eigenvalue weighted by Gasteiger charge is -2.13. The van der Waals surface area contributed by atoms with Crippen LogP contribution in [0.2, 0.25) is 0 Å². The van der Waals surface area contributed by atoms with Gasteiger partial charge < -0.3 is 9.30 Å². The third-order valence-corrected chi connectivity index (χ3v) is 5.48. The van der Waals surface area contributed by atoms with E-state index in [9.17, 15) is 14.9 Å². The van der Waals surface area contributed by atoms with Crippen LogP contribution in [0.3, 0.4) is 0 Å². The van der Waals surface area contributed by atoms with E-state index in [1.54, 1.807) is 54.4 Å². The number of aromatic nitrogens is 4. The molecule has 0 atom stereocenters. The highest BCUT2D eigenvalue weighted by Gasteiger charge is 2.30. The summed E-state index contributed by atoms with van der Waals surface area (Å²) < 4.78 is 9.86. The molecule has 2 aromatic carbocycles. The van der Waals surface area contributed by atoms with Crippen LogP contribution in [0.4, 0.5) is 0 Å². The number of nitriles is 1. The Morgan fingerprint density at radius 3 is 2.71 bits per heavy atom. The van der Waals surface area contributed by atoms with E-state index < -0.39 is 5.69 Å². The third-order valence-electron chi connectivity index (χ3n) is 5.48. The maximum atomic E-state index is 13.3. The first-order chi connectivity index (χ1) is 15.1. The zero-order valence-electron chi connectivity index (χ0n) is 16.9. The molecule has 0 bridgehead atoms. The molecular formula is C23H19N5O3. The molecule has 4 aromatic rings. The van der Waals surface area contributed by atoms with Crippen LogP contribution in [0.15, 0.2) is 64.4 Å². The van der Waals surface area contributed by atoms with Gasteiger partial charge in [0.05, 0.1) is 30.8 Å². The quantitative estimate of drug-likeness (QED) is 0.501. The van der Waals surface area contributed by atoms with Crippen LogP contribution < -0.4 is 16.0 Å². The summed E-state index contributed by atoms with van der Waals surface area (Å²) in [6.07, 6.45) is 3.17. The molecule has 0 N–H and O–H groups in total. The second kappa shape index (κ2) is 7.29. The van der Waals surface area contributed by atoms with E-state index in [1.807, 2.05) is 12.1 Å². The highest BCUT2D eigenvalue weighted by molar-refractivity contribution is 5.72. The summed E-state index contributed by atoms with van der Waals surface area (Å²) in [5.41, 5.74) is 1.93. The SMILES string of the molecule is COc1cccc(-n2c(=O)n(C3CC3)c(=O)c3c2ncn3Cc2cccc(C#N)c2)c1. The van der Waals surface area contributed by atoms with E-state index in [2.05, 4.69) is 11.1 Å². The van der Waals surface area contributed by atoms with Crippen LogP contribution >= 0.6 is 0 Å². The van der Waals surface area contributed by atoms with Gasteiger partial charge in [-0.2, -0.15) is 5.26 Å². The van der Waals surface area contributed by atoms with Gasteiger partial charge >= 0.3 is 5.69 Å². The number of rotatable bonds is 5. The number of ether oxygens (including phenoxy) is 1. The van der Waals surface area contributed by atoms with E-state index in [0.717, 1.165) is 18.4 Å². The van der Waals surface area contributed by atoms with E-state index >= 15 is 0 Å². The third kappa shape index (κ3) is 3.20. The van der Waals surface area contributed by atoms with E-state index in [0.29, 0.717) is 34.7 Å². The number of nitrogens with zero attached hydrogens (tertiary/aromatic N) is 5. The molecule has 2 heterocycles. The fourth-order valence-corrected chi connectivity index (χ4v) is 3.85. The minimum Gasteiger partial charge on any atom is -0.497 e. The monoisotopic (exact) mass is 413 g/mol. The molecule has 1 fully saturated rings. The molecule has 1 saturated carbocycles. The first-order valence-electron chi connectivity index (χ1n) is 9.96. The van der Waals surface area contributed by atoms with Crippen LogP contribution in [0, 0.1) is 11.3 Å². The molecule has 154 valence electrons. The Kier molecular flexibility index (Phi) is 4.44. The molecule has 0 amide bonds. The van der Waals surface area contributed by atoms with Crippen LogP contribution in [-0.2, 0) is 6.54 Å². The van der Waals surface area contributed by atoms with Gasteiger partial charge in [-0.1, -0.05) is 18.2 Å². The van der Waals surface area contributed by atoms with Crippen LogP contribution in [-0.4, -0.2) is 25.8 Å². The number of hydrogen-bond acceptors (Lipinski definition) is 5. The zero-order valence-corrected chi connectivity index (χ0v) is 16.9. The van der Waals surface area contributed by atoms with Gasteiger partial charge in [0.15, 0.2) is 11.2 Å². The summed E-state index contributed by atoms with van der Waals surface area (Å²) in [6, 6.07) is 16.4. The largest absolute Gasteiger partial charge is 0.497 e. The van der Waals surface area contributed by atoms with Gasteiger partial charge in [0.25, 0.3) is 5.56 Å². The van der Waals surface area contributed by atoms with Gasteiger partial charge in [0.2, 0.25) is 0 Å². The first-order valence-corrected chi connectivity index (χ1v) is 9.96. The van der Waals surface area contributed by atoms with E-state index in [-0.39, 0.29) is 11.6 Å². The zero-order chi connectivity index (χ0) is 21.5. The minimum atomic E-state index is -0.398. The van der Waals surface area contributed by atoms with Gasteiger partial charge in [0, 0.05) is 18.7 Å². The predicted octanol–water partition coefficient (Wildman–Crippen LogP) is 2.61. The summed E-state index contributed by atoms with van der Waals surface area (Å²) in [5.74, 6) is 0.606. The predicted molar refractivity (Wildman–Crippen MR) is 115 cm³/mol. The molecule has 0 saturated heterocycles. The van der Waals surface area contributed by atoms with Gasteiger partial charge in [0.1, 0.15) is 5.75 Å². The van der Waals surface area contributed by atoms with E-state index in [1.165, 1.54) is 9.13 Å². The van der Waals surface area contributed by atoms with Crippen LogP contribution in [0.25, 0.3) is 16.9 Å². The Morgan fingerprint density at radius 1 is 1.16 bits per heavy atom. The van der Waals surface area contributed by atoms with Crippen molar-refractivity contribution in [3.05, 3.63) is 86.8 Å². The molecule has 5 rings (SSSR count). The maximum Gasteiger partial charge on any atom is 0.337 e. The fourth-order valence-electron chi connectivity index (χ4n) is 3.85. The van der Waals surface area contributed by atoms with E-state index in [4.69, 9.17) is 4.74 Å². The molecule has 31 heavy (non-hydrogen) atoms. The van der Waals surface area contributed by atoms with Crippen LogP contribution in [0.1, 0.15) is 30.0 Å². The van der Waals surface area contributed by atoms with Gasteiger partial charge in [-0.25, -0.2) is 14.3 Å². The number of hydrogen-bond donors (Lipinski definition) is 0. The van der Waals surface area contributed by atoms with Crippen molar-refractivity contribution in [3.8, 4) is 17.5 Å². The van der Waals surface area contributed by atoms with Gasteiger partial charge in [-0.15, -0.1) is 0 Å². The number of benzene rings is 2. The smallest absolute Gasteiger partial charge is 0.337 e. The van der Waals surface area contributed by atoms with Crippen molar-refractivity contribution in [3.63, 3.8) is 0 Å². The second-order valence-corrected chi connectivity index (χ2v) is 7.58. The second-order valence-electron chi connectivity index (χ2n) is 7.58. The molecule has 8 heteroatoms. The molecule has 0 aliphatic heterocycles. The lowest BCUT2D eigenvalue weighted by atomic mass is 10.1. The Labute approximate surface area is 177 Å². The van der Waals surface area contributed by atoms with Gasteiger partial charge in [-0.05, 0) is 42.7 Å². The molecule has 2 aromatic heterocycles.